The van der Waals surface area contributed by atoms with Crippen molar-refractivity contribution in [2.75, 3.05) is 53.0 Å². The smallest absolute Gasteiger partial charge is 0.328 e. The molecule has 0 saturated carbocycles. The molecule has 4 rings (SSSR count). The van der Waals surface area contributed by atoms with Crippen molar-refractivity contribution in [2.24, 2.45) is 0 Å². The molecule has 1 saturated heterocycles. The van der Waals surface area contributed by atoms with Crippen molar-refractivity contribution in [3.05, 3.63) is 65.7 Å². The Kier molecular flexibility index (Phi) is 7.39. The summed E-state index contributed by atoms with van der Waals surface area (Å²) in [7, 11) is 1.38. The molecule has 2 heterocycles. The number of rotatable bonds is 7. The second kappa shape index (κ2) is 10.6. The molecule has 0 bridgehead atoms. The van der Waals surface area contributed by atoms with Crippen LogP contribution in [0, 0.1) is 0 Å². The monoisotopic (exact) mass is 437 g/mol. The Morgan fingerprint density at radius 1 is 0.906 bits per heavy atom. The maximum absolute atomic E-state index is 13.2. The van der Waals surface area contributed by atoms with Crippen LogP contribution in [0.25, 0.3) is 0 Å². The molecular weight excluding hydrogens is 406 g/mol. The van der Waals surface area contributed by atoms with E-state index in [9.17, 15) is 9.59 Å². The van der Waals surface area contributed by atoms with Gasteiger partial charge in [-0.3, -0.25) is 14.6 Å². The number of hydrogen-bond donors (Lipinski definition) is 0. The lowest BCUT2D eigenvalue weighted by molar-refractivity contribution is -0.154. The van der Waals surface area contributed by atoms with Gasteiger partial charge in [0.25, 0.3) is 0 Å². The molecular formula is C25H31N3O4. The normalized spacial score (nSPS) is 19.3. The van der Waals surface area contributed by atoms with Gasteiger partial charge in [-0.25, -0.2) is 4.79 Å². The van der Waals surface area contributed by atoms with Gasteiger partial charge in [0.1, 0.15) is 18.4 Å². The van der Waals surface area contributed by atoms with Crippen molar-refractivity contribution in [3.8, 4) is 5.75 Å². The summed E-state index contributed by atoms with van der Waals surface area (Å²) in [5, 5.41) is 0. The number of para-hydroxylation sites is 1. The lowest BCUT2D eigenvalue weighted by Crippen LogP contribution is -2.54. The Bertz CT molecular complexity index is 912. The summed E-state index contributed by atoms with van der Waals surface area (Å²) >= 11 is 0. The molecule has 2 aromatic carbocycles. The highest BCUT2D eigenvalue weighted by Gasteiger charge is 2.36. The van der Waals surface area contributed by atoms with E-state index in [4.69, 9.17) is 9.47 Å². The first-order valence-electron chi connectivity index (χ1n) is 11.2. The van der Waals surface area contributed by atoms with Gasteiger partial charge in [-0.05, 0) is 23.3 Å². The lowest BCUT2D eigenvalue weighted by Gasteiger charge is -2.38. The van der Waals surface area contributed by atoms with E-state index < -0.39 is 6.04 Å². The van der Waals surface area contributed by atoms with Crippen LogP contribution in [0.5, 0.6) is 5.75 Å². The van der Waals surface area contributed by atoms with Gasteiger partial charge < -0.3 is 14.4 Å². The average Bonchev–Trinajstić information content (AvgIpc) is 2.84. The second-order valence-corrected chi connectivity index (χ2v) is 8.31. The van der Waals surface area contributed by atoms with Crippen LogP contribution in [-0.4, -0.2) is 85.6 Å². The Balaban J connectivity index is 1.27. The van der Waals surface area contributed by atoms with Crippen LogP contribution in [0.15, 0.2) is 54.6 Å². The first-order chi connectivity index (χ1) is 15.6. The minimum absolute atomic E-state index is 0.0178. The third-order valence-electron chi connectivity index (χ3n) is 6.29. The summed E-state index contributed by atoms with van der Waals surface area (Å²) in [4.78, 5) is 31.8. The molecule has 0 N–H and O–H groups in total. The second-order valence-electron chi connectivity index (χ2n) is 8.31. The summed E-state index contributed by atoms with van der Waals surface area (Å²) in [6, 6.07) is 17.3. The number of carbonyl (C=O) groups is 2. The fraction of sp³-hybridized carbons (Fsp3) is 0.440. The Hall–Kier alpha value is -2.90. The number of methoxy groups -OCH3 is 1. The van der Waals surface area contributed by atoms with E-state index in [0.29, 0.717) is 26.1 Å². The molecule has 0 aromatic heterocycles. The fourth-order valence-corrected chi connectivity index (χ4v) is 4.39. The largest absolute Gasteiger partial charge is 0.492 e. The van der Waals surface area contributed by atoms with Gasteiger partial charge in [0.2, 0.25) is 5.91 Å². The summed E-state index contributed by atoms with van der Waals surface area (Å²) in [6.45, 7) is 5.73. The highest BCUT2D eigenvalue weighted by Crippen LogP contribution is 2.24. The zero-order valence-electron chi connectivity index (χ0n) is 18.6. The molecule has 1 amide bonds. The van der Waals surface area contributed by atoms with E-state index >= 15 is 0 Å². The number of benzene rings is 2. The van der Waals surface area contributed by atoms with Crippen molar-refractivity contribution in [1.82, 2.24) is 14.7 Å². The minimum atomic E-state index is -0.557. The molecule has 2 aromatic rings. The van der Waals surface area contributed by atoms with Crippen molar-refractivity contribution in [2.45, 2.75) is 19.0 Å². The molecule has 0 aliphatic carbocycles. The molecule has 1 unspecified atom stereocenters. The van der Waals surface area contributed by atoms with E-state index in [1.54, 1.807) is 4.90 Å². The number of piperazine rings is 1. The molecule has 1 atom stereocenters. The van der Waals surface area contributed by atoms with Crippen LogP contribution in [0.3, 0.4) is 0 Å². The lowest BCUT2D eigenvalue weighted by atomic mass is 9.94. The molecule has 7 nitrogen and oxygen atoms in total. The minimum Gasteiger partial charge on any atom is -0.492 e. The van der Waals surface area contributed by atoms with Crippen molar-refractivity contribution < 1.29 is 19.1 Å². The summed E-state index contributed by atoms with van der Waals surface area (Å²) < 4.78 is 10.8. The number of amides is 1. The Morgan fingerprint density at radius 2 is 1.56 bits per heavy atom. The van der Waals surface area contributed by atoms with Crippen LogP contribution in [-0.2, 0) is 27.3 Å². The zero-order valence-corrected chi connectivity index (χ0v) is 18.6. The van der Waals surface area contributed by atoms with Gasteiger partial charge in [0.15, 0.2) is 0 Å². The van der Waals surface area contributed by atoms with E-state index in [1.165, 1.54) is 7.11 Å². The maximum Gasteiger partial charge on any atom is 0.328 e. The van der Waals surface area contributed by atoms with Crippen LogP contribution < -0.4 is 4.74 Å². The van der Waals surface area contributed by atoms with E-state index in [2.05, 4.69) is 9.80 Å². The Morgan fingerprint density at radius 3 is 2.28 bits per heavy atom. The summed E-state index contributed by atoms with van der Waals surface area (Å²) in [5.74, 6) is 0.520. The quantitative estimate of drug-likeness (QED) is 0.616. The van der Waals surface area contributed by atoms with Crippen molar-refractivity contribution >= 4 is 11.9 Å². The topological polar surface area (TPSA) is 62.3 Å². The average molecular weight is 438 g/mol. The van der Waals surface area contributed by atoms with Crippen LogP contribution >= 0.6 is 0 Å². The summed E-state index contributed by atoms with van der Waals surface area (Å²) in [6.07, 6.45) is 0.504. The molecule has 0 spiro atoms. The van der Waals surface area contributed by atoms with Crippen LogP contribution in [0.2, 0.25) is 0 Å². The number of fused-ring (bicyclic) bond motifs is 1. The molecule has 7 heteroatoms. The molecule has 1 fully saturated rings. The van der Waals surface area contributed by atoms with Gasteiger partial charge >= 0.3 is 5.97 Å². The number of nitrogens with zero attached hydrogens (tertiary/aromatic N) is 3. The number of esters is 1. The van der Waals surface area contributed by atoms with Gasteiger partial charge in [0.05, 0.1) is 13.7 Å². The number of hydrogen-bond acceptors (Lipinski definition) is 6. The first kappa shape index (κ1) is 22.3. The van der Waals surface area contributed by atoms with Gasteiger partial charge in [0, 0.05) is 45.7 Å². The summed E-state index contributed by atoms with van der Waals surface area (Å²) in [5.41, 5.74) is 2.21. The van der Waals surface area contributed by atoms with Crippen LogP contribution in [0.1, 0.15) is 11.1 Å². The van der Waals surface area contributed by atoms with E-state index in [0.717, 1.165) is 49.6 Å². The molecule has 32 heavy (non-hydrogen) atoms. The predicted octanol–water partition coefficient (Wildman–Crippen LogP) is 1.81. The fourth-order valence-electron chi connectivity index (χ4n) is 4.39. The third-order valence-corrected chi connectivity index (χ3v) is 6.29. The van der Waals surface area contributed by atoms with Gasteiger partial charge in [-0.2, -0.15) is 0 Å². The van der Waals surface area contributed by atoms with Gasteiger partial charge in [-0.15, -0.1) is 0 Å². The molecule has 170 valence electrons. The molecule has 2 aliphatic heterocycles. The number of ether oxygens (including phenoxy) is 2. The SMILES string of the molecule is COC(=O)C1Cc2ccccc2CN1C(=O)CN1CCN(CCOc2ccccc2)CC1. The van der Waals surface area contributed by atoms with Gasteiger partial charge in [-0.1, -0.05) is 42.5 Å². The van der Waals surface area contributed by atoms with Crippen molar-refractivity contribution in [1.29, 1.82) is 0 Å². The number of carbonyl (C=O) groups excluding carboxylic acids is 2. The zero-order chi connectivity index (χ0) is 22.3. The predicted molar refractivity (Wildman–Crippen MR) is 121 cm³/mol. The standard InChI is InChI=1S/C25H31N3O4/c1-31-25(30)23-17-20-7-5-6-8-21(20)18-28(23)24(29)19-27-13-11-26(12-14-27)15-16-32-22-9-3-2-4-10-22/h2-10,23H,11-19H2,1H3. The maximum atomic E-state index is 13.2. The van der Waals surface area contributed by atoms with Crippen LogP contribution in [0.4, 0.5) is 0 Å². The van der Waals surface area contributed by atoms with Crippen molar-refractivity contribution in [3.63, 3.8) is 0 Å². The molecule has 2 aliphatic rings. The highest BCUT2D eigenvalue weighted by atomic mass is 16.5. The first-order valence-corrected chi connectivity index (χ1v) is 11.2. The highest BCUT2D eigenvalue weighted by molar-refractivity contribution is 5.86. The van der Waals surface area contributed by atoms with E-state index in [1.807, 2.05) is 54.6 Å². The Labute approximate surface area is 189 Å². The van der Waals surface area contributed by atoms with E-state index in [-0.39, 0.29) is 11.9 Å². The third kappa shape index (κ3) is 5.47. The molecule has 0 radical (unpaired) electrons.